The first-order valence-electron chi connectivity index (χ1n) is 7.75. The molecule has 0 bridgehead atoms. The summed E-state index contributed by atoms with van der Waals surface area (Å²) in [6.45, 7) is 1.98. The number of rotatable bonds is 3. The van der Waals surface area contributed by atoms with Gasteiger partial charge in [0.25, 0.3) is 0 Å². The van der Waals surface area contributed by atoms with E-state index in [1.807, 2.05) is 6.20 Å². The Morgan fingerprint density at radius 1 is 1.17 bits per heavy atom. The number of piperidine rings is 1. The summed E-state index contributed by atoms with van der Waals surface area (Å²) in [5, 5.41) is 2.08. The van der Waals surface area contributed by atoms with Gasteiger partial charge in [-0.05, 0) is 24.3 Å². The number of hydrogen-bond donors (Lipinski definition) is 0. The predicted molar refractivity (Wildman–Crippen MR) is 93.1 cm³/mol. The molecule has 0 unspecified atom stereocenters. The minimum atomic E-state index is 0.489. The second-order valence-electron chi connectivity index (χ2n) is 5.72. The zero-order chi connectivity index (χ0) is 15.6. The maximum atomic E-state index is 4.52. The van der Waals surface area contributed by atoms with Crippen LogP contribution in [0, 0.1) is 0 Å². The normalized spacial score (nSPS) is 16.0. The van der Waals surface area contributed by atoms with Crippen molar-refractivity contribution in [3.05, 3.63) is 36.4 Å². The summed E-state index contributed by atoms with van der Waals surface area (Å²) >= 11 is 1.71. The topological polar surface area (TPSA) is 58.0 Å². The predicted octanol–water partition coefficient (Wildman–Crippen LogP) is 2.59. The lowest BCUT2D eigenvalue weighted by atomic mass is 10.0. The van der Waals surface area contributed by atoms with Crippen molar-refractivity contribution in [1.82, 2.24) is 19.9 Å². The molecule has 0 atom stereocenters. The Bertz CT molecular complexity index is 781. The van der Waals surface area contributed by atoms with Crippen molar-refractivity contribution in [3.8, 4) is 0 Å². The molecule has 1 aliphatic heterocycles. The van der Waals surface area contributed by atoms with Gasteiger partial charge in [0, 0.05) is 38.6 Å². The largest absolute Gasteiger partial charge is 0.355 e. The highest BCUT2D eigenvalue weighted by Crippen LogP contribution is 2.30. The molecule has 4 rings (SSSR count). The first-order valence-corrected chi connectivity index (χ1v) is 8.63. The molecule has 118 valence electrons. The van der Waals surface area contributed by atoms with E-state index in [1.54, 1.807) is 30.1 Å². The Labute approximate surface area is 138 Å². The lowest BCUT2D eigenvalue weighted by Crippen LogP contribution is -2.44. The van der Waals surface area contributed by atoms with Crippen molar-refractivity contribution in [2.75, 3.05) is 29.9 Å². The Morgan fingerprint density at radius 3 is 2.83 bits per heavy atom. The standard InChI is InChI=1S/C16H18N6S/c1-21(16-15-13(4-9-23-15)19-11-20-16)12-2-7-22(8-3-12)14-10-17-5-6-18-14/h4-6,9-12H,2-3,7-8H2,1H3. The van der Waals surface area contributed by atoms with E-state index in [0.717, 1.165) is 43.1 Å². The van der Waals surface area contributed by atoms with Crippen LogP contribution < -0.4 is 9.80 Å². The molecule has 0 spiro atoms. The van der Waals surface area contributed by atoms with Gasteiger partial charge in [0.15, 0.2) is 0 Å². The summed E-state index contributed by atoms with van der Waals surface area (Å²) in [7, 11) is 2.14. The molecule has 1 fully saturated rings. The van der Waals surface area contributed by atoms with Crippen molar-refractivity contribution in [2.45, 2.75) is 18.9 Å². The molecule has 0 radical (unpaired) electrons. The van der Waals surface area contributed by atoms with Crippen LogP contribution in [0.4, 0.5) is 11.6 Å². The van der Waals surface area contributed by atoms with Gasteiger partial charge in [-0.3, -0.25) is 4.98 Å². The highest BCUT2D eigenvalue weighted by Gasteiger charge is 2.25. The fourth-order valence-electron chi connectivity index (χ4n) is 3.14. The highest BCUT2D eigenvalue weighted by molar-refractivity contribution is 7.17. The molecular formula is C16H18N6S. The maximum Gasteiger partial charge on any atom is 0.150 e. The molecule has 0 aliphatic carbocycles. The van der Waals surface area contributed by atoms with Crippen molar-refractivity contribution < 1.29 is 0 Å². The van der Waals surface area contributed by atoms with Gasteiger partial charge in [0.05, 0.1) is 16.4 Å². The van der Waals surface area contributed by atoms with Gasteiger partial charge < -0.3 is 9.80 Å². The van der Waals surface area contributed by atoms with E-state index in [0.29, 0.717) is 6.04 Å². The second kappa shape index (κ2) is 6.08. The molecule has 0 N–H and O–H groups in total. The Kier molecular flexibility index (Phi) is 3.78. The third-order valence-electron chi connectivity index (χ3n) is 4.44. The van der Waals surface area contributed by atoms with Crippen LogP contribution in [0.25, 0.3) is 10.2 Å². The van der Waals surface area contributed by atoms with Crippen LogP contribution in [0.15, 0.2) is 36.4 Å². The van der Waals surface area contributed by atoms with Crippen LogP contribution in [-0.4, -0.2) is 46.1 Å². The molecule has 0 aromatic carbocycles. The van der Waals surface area contributed by atoms with E-state index >= 15 is 0 Å². The average Bonchev–Trinajstić information content (AvgIpc) is 3.11. The number of anilines is 2. The molecule has 23 heavy (non-hydrogen) atoms. The number of thiophene rings is 1. The summed E-state index contributed by atoms with van der Waals surface area (Å²) in [5.41, 5.74) is 1.03. The highest BCUT2D eigenvalue weighted by atomic mass is 32.1. The van der Waals surface area contributed by atoms with Gasteiger partial charge in [0.2, 0.25) is 0 Å². The van der Waals surface area contributed by atoms with Gasteiger partial charge >= 0.3 is 0 Å². The van der Waals surface area contributed by atoms with E-state index in [1.165, 1.54) is 4.70 Å². The van der Waals surface area contributed by atoms with Gasteiger partial charge in [-0.25, -0.2) is 15.0 Å². The second-order valence-corrected chi connectivity index (χ2v) is 6.64. The SMILES string of the molecule is CN(c1ncnc2ccsc12)C1CCN(c2cnccn2)CC1. The first kappa shape index (κ1) is 14.3. The molecule has 6 nitrogen and oxygen atoms in total. The van der Waals surface area contributed by atoms with Crippen LogP contribution in [0.1, 0.15) is 12.8 Å². The fraction of sp³-hybridized carbons (Fsp3) is 0.375. The zero-order valence-corrected chi connectivity index (χ0v) is 13.8. The lowest BCUT2D eigenvalue weighted by Gasteiger charge is -2.37. The molecule has 0 saturated carbocycles. The lowest BCUT2D eigenvalue weighted by molar-refractivity contribution is 0.478. The van der Waals surface area contributed by atoms with E-state index in [9.17, 15) is 0 Å². The summed E-state index contributed by atoms with van der Waals surface area (Å²) < 4.78 is 1.17. The van der Waals surface area contributed by atoms with Gasteiger partial charge in [0.1, 0.15) is 18.0 Å². The summed E-state index contributed by atoms with van der Waals surface area (Å²) in [6.07, 6.45) is 9.14. The zero-order valence-electron chi connectivity index (χ0n) is 13.0. The maximum absolute atomic E-state index is 4.52. The molecule has 3 aromatic heterocycles. The Hall–Kier alpha value is -2.28. The van der Waals surface area contributed by atoms with E-state index in [-0.39, 0.29) is 0 Å². The molecule has 4 heterocycles. The number of fused-ring (bicyclic) bond motifs is 1. The number of hydrogen-bond acceptors (Lipinski definition) is 7. The van der Waals surface area contributed by atoms with Crippen LogP contribution >= 0.6 is 11.3 Å². The van der Waals surface area contributed by atoms with Crippen LogP contribution in [0.2, 0.25) is 0 Å². The van der Waals surface area contributed by atoms with Crippen molar-refractivity contribution in [2.24, 2.45) is 0 Å². The van der Waals surface area contributed by atoms with Crippen molar-refractivity contribution in [3.63, 3.8) is 0 Å². The fourth-order valence-corrected chi connectivity index (χ4v) is 4.01. The van der Waals surface area contributed by atoms with E-state index in [4.69, 9.17) is 0 Å². The minimum Gasteiger partial charge on any atom is -0.355 e. The smallest absolute Gasteiger partial charge is 0.150 e. The van der Waals surface area contributed by atoms with Crippen molar-refractivity contribution >= 4 is 33.2 Å². The Balaban J connectivity index is 1.49. The molecule has 3 aromatic rings. The molecule has 1 aliphatic rings. The van der Waals surface area contributed by atoms with Gasteiger partial charge in [-0.2, -0.15) is 0 Å². The number of aromatic nitrogens is 4. The number of nitrogens with zero attached hydrogens (tertiary/aromatic N) is 6. The van der Waals surface area contributed by atoms with Crippen LogP contribution in [0.5, 0.6) is 0 Å². The minimum absolute atomic E-state index is 0.489. The summed E-state index contributed by atoms with van der Waals surface area (Å²) in [6, 6.07) is 2.54. The molecule has 0 amide bonds. The average molecular weight is 326 g/mol. The van der Waals surface area contributed by atoms with E-state index in [2.05, 4.69) is 48.2 Å². The van der Waals surface area contributed by atoms with Crippen molar-refractivity contribution in [1.29, 1.82) is 0 Å². The van der Waals surface area contributed by atoms with Crippen LogP contribution in [-0.2, 0) is 0 Å². The van der Waals surface area contributed by atoms with Gasteiger partial charge in [-0.15, -0.1) is 11.3 Å². The summed E-state index contributed by atoms with van der Waals surface area (Å²) in [4.78, 5) is 22.0. The first-order chi connectivity index (χ1) is 11.3. The third kappa shape index (κ3) is 2.72. The Morgan fingerprint density at radius 2 is 2.04 bits per heavy atom. The molecule has 1 saturated heterocycles. The molecular weight excluding hydrogens is 308 g/mol. The monoisotopic (exact) mass is 326 g/mol. The summed E-state index contributed by atoms with van der Waals surface area (Å²) in [5.74, 6) is 2.01. The van der Waals surface area contributed by atoms with Crippen LogP contribution in [0.3, 0.4) is 0 Å². The van der Waals surface area contributed by atoms with Gasteiger partial charge in [-0.1, -0.05) is 0 Å². The quantitative estimate of drug-likeness (QED) is 0.737. The molecule has 7 heteroatoms. The third-order valence-corrected chi connectivity index (χ3v) is 5.34. The van der Waals surface area contributed by atoms with E-state index < -0.39 is 0 Å².